The summed E-state index contributed by atoms with van der Waals surface area (Å²) in [5, 5.41) is 3.87. The number of benzene rings is 2. The van der Waals surface area contributed by atoms with Crippen molar-refractivity contribution in [2.24, 2.45) is 0 Å². The first-order chi connectivity index (χ1) is 12.7. The van der Waals surface area contributed by atoms with Crippen LogP contribution in [0.3, 0.4) is 0 Å². The molecule has 0 aliphatic carbocycles. The molecule has 0 saturated carbocycles. The summed E-state index contributed by atoms with van der Waals surface area (Å²) in [7, 11) is 0. The molecule has 0 fully saturated rings. The number of para-hydroxylation sites is 1. The minimum Gasteiger partial charge on any atom is -0.465 e. The SMILES string of the molecule is Cc1cc(-c2nc3ccccc3s2)ccc1NC(=O)C=Cc1ccco1. The number of carbonyl (C=O) groups is 1. The van der Waals surface area contributed by atoms with E-state index in [2.05, 4.69) is 16.4 Å². The zero-order valence-corrected chi connectivity index (χ0v) is 14.9. The molecular formula is C21H16N2O2S. The Labute approximate surface area is 154 Å². The minimum absolute atomic E-state index is 0.197. The number of aromatic nitrogens is 1. The molecule has 2 aromatic carbocycles. The maximum absolute atomic E-state index is 12.1. The Morgan fingerprint density at radius 3 is 2.81 bits per heavy atom. The molecule has 128 valence electrons. The van der Waals surface area contributed by atoms with E-state index in [9.17, 15) is 4.79 Å². The van der Waals surface area contributed by atoms with Gasteiger partial charge in [0.15, 0.2) is 0 Å². The lowest BCUT2D eigenvalue weighted by Gasteiger charge is -2.07. The fourth-order valence-electron chi connectivity index (χ4n) is 2.65. The van der Waals surface area contributed by atoms with E-state index in [0.717, 1.165) is 27.3 Å². The fraction of sp³-hybridized carbons (Fsp3) is 0.0476. The van der Waals surface area contributed by atoms with E-state index in [1.54, 1.807) is 35.8 Å². The topological polar surface area (TPSA) is 55.1 Å². The van der Waals surface area contributed by atoms with Crippen molar-refractivity contribution in [3.05, 3.63) is 78.3 Å². The third kappa shape index (κ3) is 3.43. The van der Waals surface area contributed by atoms with E-state index in [1.165, 1.54) is 10.8 Å². The molecule has 0 saturated heterocycles. The van der Waals surface area contributed by atoms with E-state index in [4.69, 9.17) is 4.42 Å². The summed E-state index contributed by atoms with van der Waals surface area (Å²) in [5.74, 6) is 0.445. The standard InChI is InChI=1S/C21H16N2O2S/c1-14-13-15(21-23-18-6-2-3-7-19(18)26-21)8-10-17(14)22-20(24)11-9-16-5-4-12-25-16/h2-13H,1H3,(H,22,24). The molecule has 0 aliphatic rings. The van der Waals surface area contributed by atoms with Crippen molar-refractivity contribution in [2.75, 3.05) is 5.32 Å². The Morgan fingerprint density at radius 2 is 2.04 bits per heavy atom. The van der Waals surface area contributed by atoms with Crippen LogP contribution in [0.15, 0.2) is 71.4 Å². The van der Waals surface area contributed by atoms with Crippen molar-refractivity contribution in [3.63, 3.8) is 0 Å². The van der Waals surface area contributed by atoms with Crippen LogP contribution in [0.2, 0.25) is 0 Å². The van der Waals surface area contributed by atoms with Gasteiger partial charge >= 0.3 is 0 Å². The van der Waals surface area contributed by atoms with Crippen LogP contribution in [0.25, 0.3) is 26.9 Å². The average Bonchev–Trinajstić information content (AvgIpc) is 3.31. The molecule has 2 aromatic heterocycles. The summed E-state index contributed by atoms with van der Waals surface area (Å²) in [6.07, 6.45) is 4.67. The second-order valence-electron chi connectivity index (χ2n) is 5.85. The van der Waals surface area contributed by atoms with Crippen molar-refractivity contribution < 1.29 is 9.21 Å². The highest BCUT2D eigenvalue weighted by Crippen LogP contribution is 2.31. The minimum atomic E-state index is -0.197. The molecule has 0 bridgehead atoms. The predicted molar refractivity (Wildman–Crippen MR) is 106 cm³/mol. The Balaban J connectivity index is 1.53. The maximum atomic E-state index is 12.1. The molecular weight excluding hydrogens is 344 g/mol. The van der Waals surface area contributed by atoms with E-state index < -0.39 is 0 Å². The summed E-state index contributed by atoms with van der Waals surface area (Å²) in [5.41, 5.74) is 3.82. The molecule has 4 rings (SSSR count). The van der Waals surface area contributed by atoms with Crippen molar-refractivity contribution in [2.45, 2.75) is 6.92 Å². The molecule has 26 heavy (non-hydrogen) atoms. The van der Waals surface area contributed by atoms with Crippen molar-refractivity contribution in [3.8, 4) is 10.6 Å². The largest absolute Gasteiger partial charge is 0.465 e. The maximum Gasteiger partial charge on any atom is 0.248 e. The number of hydrogen-bond acceptors (Lipinski definition) is 4. The van der Waals surface area contributed by atoms with Gasteiger partial charge in [0, 0.05) is 17.3 Å². The van der Waals surface area contributed by atoms with Crippen LogP contribution < -0.4 is 5.32 Å². The number of nitrogens with zero attached hydrogens (tertiary/aromatic N) is 1. The van der Waals surface area contributed by atoms with Crippen LogP contribution >= 0.6 is 11.3 Å². The van der Waals surface area contributed by atoms with Crippen LogP contribution in [0.4, 0.5) is 5.69 Å². The zero-order chi connectivity index (χ0) is 17.9. The molecule has 0 radical (unpaired) electrons. The number of anilines is 1. The smallest absolute Gasteiger partial charge is 0.248 e. The molecule has 4 aromatic rings. The summed E-state index contributed by atoms with van der Waals surface area (Å²) < 4.78 is 6.34. The third-order valence-corrected chi connectivity index (χ3v) is 5.05. The van der Waals surface area contributed by atoms with Crippen molar-refractivity contribution in [1.82, 2.24) is 4.98 Å². The Bertz CT molecular complexity index is 1060. The third-order valence-electron chi connectivity index (χ3n) is 3.97. The second-order valence-corrected chi connectivity index (χ2v) is 6.89. The average molecular weight is 360 g/mol. The first-order valence-electron chi connectivity index (χ1n) is 8.18. The number of aryl methyl sites for hydroxylation is 1. The van der Waals surface area contributed by atoms with Gasteiger partial charge in [-0.1, -0.05) is 12.1 Å². The molecule has 0 spiro atoms. The van der Waals surface area contributed by atoms with E-state index >= 15 is 0 Å². The number of hydrogen-bond donors (Lipinski definition) is 1. The first kappa shape index (κ1) is 16.3. The normalized spacial score (nSPS) is 11.3. The number of rotatable bonds is 4. The fourth-order valence-corrected chi connectivity index (χ4v) is 3.61. The Kier molecular flexibility index (Phi) is 4.37. The van der Waals surface area contributed by atoms with E-state index in [-0.39, 0.29) is 5.91 Å². The van der Waals surface area contributed by atoms with Gasteiger partial charge in [-0.15, -0.1) is 11.3 Å². The van der Waals surface area contributed by atoms with Gasteiger partial charge in [-0.3, -0.25) is 4.79 Å². The Hall–Kier alpha value is -3.18. The van der Waals surface area contributed by atoms with Crippen LogP contribution in [0.5, 0.6) is 0 Å². The number of amides is 1. The number of furan rings is 1. The highest BCUT2D eigenvalue weighted by atomic mass is 32.1. The molecule has 4 nitrogen and oxygen atoms in total. The van der Waals surface area contributed by atoms with Crippen LogP contribution in [-0.2, 0) is 4.79 Å². The lowest BCUT2D eigenvalue weighted by atomic mass is 10.1. The molecule has 5 heteroatoms. The highest BCUT2D eigenvalue weighted by Gasteiger charge is 2.08. The van der Waals surface area contributed by atoms with Gasteiger partial charge in [-0.05, 0) is 61.0 Å². The summed E-state index contributed by atoms with van der Waals surface area (Å²) in [4.78, 5) is 16.8. The quantitative estimate of drug-likeness (QED) is 0.488. The Morgan fingerprint density at radius 1 is 1.15 bits per heavy atom. The van der Waals surface area contributed by atoms with Gasteiger partial charge in [0.1, 0.15) is 10.8 Å². The summed E-state index contributed by atoms with van der Waals surface area (Å²) in [6, 6.07) is 17.6. The monoisotopic (exact) mass is 360 g/mol. The van der Waals surface area contributed by atoms with E-state index in [0.29, 0.717) is 5.76 Å². The number of nitrogens with one attached hydrogen (secondary N) is 1. The van der Waals surface area contributed by atoms with Gasteiger partial charge in [-0.25, -0.2) is 4.98 Å². The van der Waals surface area contributed by atoms with Gasteiger partial charge in [-0.2, -0.15) is 0 Å². The van der Waals surface area contributed by atoms with Crippen molar-refractivity contribution in [1.29, 1.82) is 0 Å². The molecule has 0 aliphatic heterocycles. The predicted octanol–water partition coefficient (Wildman–Crippen LogP) is 5.52. The van der Waals surface area contributed by atoms with E-state index in [1.807, 2.05) is 43.3 Å². The summed E-state index contributed by atoms with van der Waals surface area (Å²) in [6.45, 7) is 1.97. The lowest BCUT2D eigenvalue weighted by Crippen LogP contribution is -2.08. The highest BCUT2D eigenvalue weighted by molar-refractivity contribution is 7.21. The van der Waals surface area contributed by atoms with Crippen LogP contribution in [0, 0.1) is 6.92 Å². The molecule has 0 atom stereocenters. The van der Waals surface area contributed by atoms with Gasteiger partial charge < -0.3 is 9.73 Å². The number of thiazole rings is 1. The van der Waals surface area contributed by atoms with Crippen molar-refractivity contribution >= 4 is 39.2 Å². The van der Waals surface area contributed by atoms with Crippen LogP contribution in [0.1, 0.15) is 11.3 Å². The van der Waals surface area contributed by atoms with Gasteiger partial charge in [0.2, 0.25) is 5.91 Å². The molecule has 0 unspecified atom stereocenters. The first-order valence-corrected chi connectivity index (χ1v) is 9.00. The number of carbonyl (C=O) groups excluding carboxylic acids is 1. The lowest BCUT2D eigenvalue weighted by molar-refractivity contribution is -0.111. The molecule has 1 N–H and O–H groups in total. The zero-order valence-electron chi connectivity index (χ0n) is 14.1. The van der Waals surface area contributed by atoms with Gasteiger partial charge in [0.25, 0.3) is 0 Å². The molecule has 1 amide bonds. The number of fused-ring (bicyclic) bond motifs is 1. The van der Waals surface area contributed by atoms with Crippen LogP contribution in [-0.4, -0.2) is 10.9 Å². The molecule has 2 heterocycles. The van der Waals surface area contributed by atoms with Gasteiger partial charge in [0.05, 0.1) is 16.5 Å². The summed E-state index contributed by atoms with van der Waals surface area (Å²) >= 11 is 1.67. The second kappa shape index (κ2) is 6.98.